The van der Waals surface area contributed by atoms with Crippen molar-refractivity contribution in [3.05, 3.63) is 58.4 Å². The molecule has 1 aliphatic heterocycles. The van der Waals surface area contributed by atoms with Gasteiger partial charge in [-0.15, -0.1) is 13.2 Å². The molecule has 0 spiro atoms. The molecule has 0 amide bonds. The van der Waals surface area contributed by atoms with Crippen LogP contribution in [0.2, 0.25) is 0 Å². The van der Waals surface area contributed by atoms with Gasteiger partial charge in [0.2, 0.25) is 0 Å². The summed E-state index contributed by atoms with van der Waals surface area (Å²) >= 11 is 0. The molecule has 36 heavy (non-hydrogen) atoms. The lowest BCUT2D eigenvalue weighted by Crippen LogP contribution is -2.40. The molecule has 1 aliphatic rings. The summed E-state index contributed by atoms with van der Waals surface area (Å²) in [7, 11) is -2.21. The second-order valence-corrected chi connectivity index (χ2v) is 10.4. The molecule has 0 radical (unpaired) electrons. The van der Waals surface area contributed by atoms with Gasteiger partial charge in [-0.25, -0.2) is 8.42 Å². The Hall–Kier alpha value is -3.72. The lowest BCUT2D eigenvalue weighted by molar-refractivity contribution is -0.274. The maximum Gasteiger partial charge on any atom is 0.573 e. The molecule has 12 heteroatoms. The van der Waals surface area contributed by atoms with E-state index in [0.29, 0.717) is 42.8 Å². The zero-order valence-electron chi connectivity index (χ0n) is 19.4. The van der Waals surface area contributed by atoms with E-state index < -0.39 is 21.8 Å². The molecule has 1 fully saturated rings. The Labute approximate surface area is 205 Å². The number of fused-ring (bicyclic) bond motifs is 1. The number of halogens is 3. The van der Waals surface area contributed by atoms with E-state index in [0.717, 1.165) is 6.26 Å². The summed E-state index contributed by atoms with van der Waals surface area (Å²) in [5, 5.41) is 10.3. The molecule has 2 heterocycles. The van der Waals surface area contributed by atoms with Crippen molar-refractivity contribution in [3.63, 3.8) is 0 Å². The summed E-state index contributed by atoms with van der Waals surface area (Å²) in [4.78, 5) is 14.9. The first-order valence-corrected chi connectivity index (χ1v) is 12.8. The van der Waals surface area contributed by atoms with Crippen molar-refractivity contribution >= 4 is 26.4 Å². The second kappa shape index (κ2) is 9.39. The first kappa shape index (κ1) is 25.4. The van der Waals surface area contributed by atoms with Crippen LogP contribution in [-0.4, -0.2) is 44.8 Å². The summed E-state index contributed by atoms with van der Waals surface area (Å²) in [5.41, 5.74) is -0.0438. The molecule has 2 aromatic carbocycles. The van der Waals surface area contributed by atoms with Crippen molar-refractivity contribution in [2.24, 2.45) is 7.05 Å². The Morgan fingerprint density at radius 2 is 1.67 bits per heavy atom. The highest BCUT2D eigenvalue weighted by Gasteiger charge is 2.31. The molecule has 4 rings (SSSR count). The largest absolute Gasteiger partial charge is 0.573 e. The number of piperidine rings is 1. The number of para-hydroxylation sites is 1. The van der Waals surface area contributed by atoms with E-state index >= 15 is 0 Å². The van der Waals surface area contributed by atoms with Crippen molar-refractivity contribution in [1.29, 1.82) is 5.26 Å². The number of aryl methyl sites for hydroxylation is 1. The van der Waals surface area contributed by atoms with E-state index in [-0.39, 0.29) is 27.8 Å². The standard InChI is InChI=1S/C24H22F3N3O5S/c1-29-22-18(4-3-5-20(22)36(2,32)33)21(19(14-28)23(29)31)30-12-10-16(11-13-30)34-15-6-8-17(9-7-15)35-24(25,26)27/h3-9,16H,10-13H2,1-2H3. The van der Waals surface area contributed by atoms with Crippen LogP contribution in [0.15, 0.2) is 52.2 Å². The molecule has 0 N–H and O–H groups in total. The monoisotopic (exact) mass is 521 g/mol. The van der Waals surface area contributed by atoms with Gasteiger partial charge in [0.15, 0.2) is 9.84 Å². The molecule has 190 valence electrons. The summed E-state index contributed by atoms with van der Waals surface area (Å²) in [6.45, 7) is 0.833. The third-order valence-electron chi connectivity index (χ3n) is 5.97. The van der Waals surface area contributed by atoms with Crippen LogP contribution in [0.5, 0.6) is 11.5 Å². The van der Waals surface area contributed by atoms with Gasteiger partial charge >= 0.3 is 6.36 Å². The van der Waals surface area contributed by atoms with Gasteiger partial charge in [-0.05, 0) is 30.3 Å². The smallest absolute Gasteiger partial charge is 0.490 e. The summed E-state index contributed by atoms with van der Waals surface area (Å²) in [5.74, 6) is 0.0391. The van der Waals surface area contributed by atoms with Crippen molar-refractivity contribution in [2.75, 3.05) is 24.2 Å². The highest BCUT2D eigenvalue weighted by atomic mass is 32.2. The van der Waals surface area contributed by atoms with Crippen molar-refractivity contribution in [1.82, 2.24) is 4.57 Å². The minimum Gasteiger partial charge on any atom is -0.490 e. The van der Waals surface area contributed by atoms with Gasteiger partial charge in [0.25, 0.3) is 5.56 Å². The third kappa shape index (κ3) is 5.11. The predicted molar refractivity (Wildman–Crippen MR) is 126 cm³/mol. The number of ether oxygens (including phenoxy) is 2. The average molecular weight is 522 g/mol. The first-order valence-electron chi connectivity index (χ1n) is 10.9. The quantitative estimate of drug-likeness (QED) is 0.504. The number of nitriles is 1. The molecule has 1 aromatic heterocycles. The van der Waals surface area contributed by atoms with Gasteiger partial charge in [0.1, 0.15) is 29.2 Å². The van der Waals surface area contributed by atoms with Crippen LogP contribution in [0, 0.1) is 11.3 Å². The highest BCUT2D eigenvalue weighted by molar-refractivity contribution is 7.91. The summed E-state index contributed by atoms with van der Waals surface area (Å²) < 4.78 is 72.7. The fourth-order valence-electron chi connectivity index (χ4n) is 4.40. The molecule has 0 unspecified atom stereocenters. The van der Waals surface area contributed by atoms with Crippen LogP contribution in [-0.2, 0) is 16.9 Å². The lowest BCUT2D eigenvalue weighted by Gasteiger charge is -2.35. The first-order chi connectivity index (χ1) is 16.9. The molecule has 0 bridgehead atoms. The zero-order chi connectivity index (χ0) is 26.3. The number of aromatic nitrogens is 1. The predicted octanol–water partition coefficient (Wildman–Crippen LogP) is 3.76. The fourth-order valence-corrected chi connectivity index (χ4v) is 5.33. The SMILES string of the molecule is Cn1c(=O)c(C#N)c(N2CCC(Oc3ccc(OC(F)(F)F)cc3)CC2)c2cccc(S(C)(=O)=O)c21. The Morgan fingerprint density at radius 3 is 2.22 bits per heavy atom. The van der Waals surface area contributed by atoms with Crippen molar-refractivity contribution in [3.8, 4) is 17.6 Å². The van der Waals surface area contributed by atoms with Gasteiger partial charge in [0.05, 0.1) is 16.1 Å². The number of rotatable bonds is 5. The molecule has 0 aliphatic carbocycles. The van der Waals surface area contributed by atoms with Gasteiger partial charge in [-0.1, -0.05) is 12.1 Å². The lowest BCUT2D eigenvalue weighted by atomic mass is 10.0. The van der Waals surface area contributed by atoms with E-state index in [4.69, 9.17) is 4.74 Å². The molecule has 1 saturated heterocycles. The fraction of sp³-hybridized carbons (Fsp3) is 0.333. The Bertz CT molecular complexity index is 1500. The van der Waals surface area contributed by atoms with Crippen LogP contribution in [0.4, 0.5) is 18.9 Å². The third-order valence-corrected chi connectivity index (χ3v) is 7.10. The van der Waals surface area contributed by atoms with Crippen LogP contribution < -0.4 is 19.9 Å². The Kier molecular flexibility index (Phi) is 6.62. The van der Waals surface area contributed by atoms with Crippen molar-refractivity contribution in [2.45, 2.75) is 30.2 Å². The molecular weight excluding hydrogens is 499 g/mol. The molecule has 0 saturated carbocycles. The van der Waals surface area contributed by atoms with Crippen LogP contribution in [0.1, 0.15) is 18.4 Å². The number of sulfone groups is 1. The molecule has 8 nitrogen and oxygen atoms in total. The topological polar surface area (TPSA) is 102 Å². The van der Waals surface area contributed by atoms with Gasteiger partial charge in [-0.3, -0.25) is 4.79 Å². The Balaban J connectivity index is 1.59. The maximum absolute atomic E-state index is 13.0. The van der Waals surface area contributed by atoms with Crippen molar-refractivity contribution < 1.29 is 31.1 Å². The molecule has 3 aromatic rings. The van der Waals surface area contributed by atoms with Crippen LogP contribution in [0.3, 0.4) is 0 Å². The van der Waals surface area contributed by atoms with Crippen LogP contribution in [0.25, 0.3) is 10.9 Å². The minimum absolute atomic E-state index is 0.00140. The second-order valence-electron chi connectivity index (χ2n) is 8.45. The number of hydrogen-bond donors (Lipinski definition) is 0. The zero-order valence-corrected chi connectivity index (χ0v) is 20.2. The number of alkyl halides is 3. The van der Waals surface area contributed by atoms with E-state index in [1.54, 1.807) is 12.1 Å². The molecule has 0 atom stereocenters. The number of nitrogens with zero attached hydrogens (tertiary/aromatic N) is 3. The molecular formula is C24H22F3N3O5S. The van der Waals surface area contributed by atoms with E-state index in [2.05, 4.69) is 4.74 Å². The van der Waals surface area contributed by atoms with Crippen LogP contribution >= 0.6 is 0 Å². The maximum atomic E-state index is 13.0. The van der Waals surface area contributed by atoms with Gasteiger partial charge in [0, 0.05) is 44.6 Å². The van der Waals surface area contributed by atoms with Gasteiger partial charge in [-0.2, -0.15) is 5.26 Å². The van der Waals surface area contributed by atoms with Gasteiger partial charge < -0.3 is 18.9 Å². The number of anilines is 1. The number of hydrogen-bond acceptors (Lipinski definition) is 7. The average Bonchev–Trinajstić information content (AvgIpc) is 2.81. The summed E-state index contributed by atoms with van der Waals surface area (Å²) in [6.07, 6.45) is -2.94. The number of pyridine rings is 1. The normalized spacial score (nSPS) is 15.1. The minimum atomic E-state index is -4.78. The number of benzene rings is 2. The Morgan fingerprint density at radius 1 is 1.06 bits per heavy atom. The van der Waals surface area contributed by atoms with E-state index in [1.807, 2.05) is 11.0 Å². The van der Waals surface area contributed by atoms with E-state index in [1.165, 1.54) is 41.9 Å². The highest BCUT2D eigenvalue weighted by Crippen LogP contribution is 2.34. The van der Waals surface area contributed by atoms with E-state index in [9.17, 15) is 31.6 Å². The summed E-state index contributed by atoms with van der Waals surface area (Å²) in [6, 6.07) is 11.8.